The molecule has 0 bridgehead atoms. The van der Waals surface area contributed by atoms with Crippen LogP contribution < -0.4 is 19.5 Å². The normalized spacial score (nSPS) is 13.2. The number of pyridine rings is 1. The van der Waals surface area contributed by atoms with Gasteiger partial charge in [0.1, 0.15) is 23.1 Å². The van der Waals surface area contributed by atoms with Gasteiger partial charge in [-0.3, -0.25) is 9.59 Å². The number of anilines is 2. The lowest BCUT2D eigenvalue weighted by Gasteiger charge is -2.35. The first-order valence-electron chi connectivity index (χ1n) is 11.2. The SMILES string of the molecule is COc1cc(OC)cc(C(=O)N2CCN(C(=O)c3cccnc3Nc3ccccc3OC)CC2)c1. The molecule has 1 aliphatic rings. The average Bonchev–Trinajstić information content (AvgIpc) is 2.92. The topological polar surface area (TPSA) is 93.2 Å². The third-order valence-electron chi connectivity index (χ3n) is 5.85. The van der Waals surface area contributed by atoms with Crippen LogP contribution in [0.15, 0.2) is 60.8 Å². The van der Waals surface area contributed by atoms with E-state index in [1.165, 1.54) is 0 Å². The number of piperazine rings is 1. The van der Waals surface area contributed by atoms with E-state index in [1.54, 1.807) is 67.7 Å². The molecule has 1 aromatic heterocycles. The lowest BCUT2D eigenvalue weighted by Crippen LogP contribution is -2.50. The summed E-state index contributed by atoms with van der Waals surface area (Å²) >= 11 is 0. The minimum Gasteiger partial charge on any atom is -0.497 e. The smallest absolute Gasteiger partial charge is 0.257 e. The number of amides is 2. The zero-order chi connectivity index (χ0) is 24.8. The first kappa shape index (κ1) is 23.9. The minimum absolute atomic E-state index is 0.130. The number of rotatable bonds is 7. The van der Waals surface area contributed by atoms with Crippen LogP contribution in [0.5, 0.6) is 17.2 Å². The van der Waals surface area contributed by atoms with Crippen molar-refractivity contribution in [3.63, 3.8) is 0 Å². The first-order chi connectivity index (χ1) is 17.0. The molecule has 1 fully saturated rings. The Balaban J connectivity index is 1.45. The van der Waals surface area contributed by atoms with Crippen molar-refractivity contribution in [3.05, 3.63) is 71.9 Å². The zero-order valence-corrected chi connectivity index (χ0v) is 20.0. The molecule has 9 nitrogen and oxygen atoms in total. The Kier molecular flexibility index (Phi) is 7.35. The number of hydrogen-bond acceptors (Lipinski definition) is 7. The Morgan fingerprint density at radius 3 is 2.06 bits per heavy atom. The molecule has 1 N–H and O–H groups in total. The minimum atomic E-state index is -0.148. The third-order valence-corrected chi connectivity index (χ3v) is 5.85. The molecule has 3 aromatic rings. The van der Waals surface area contributed by atoms with Crippen LogP contribution in [-0.4, -0.2) is 74.1 Å². The number of aromatic nitrogens is 1. The van der Waals surface area contributed by atoms with Gasteiger partial charge in [0.25, 0.3) is 11.8 Å². The number of hydrogen-bond donors (Lipinski definition) is 1. The fourth-order valence-electron chi connectivity index (χ4n) is 3.95. The van der Waals surface area contributed by atoms with Crippen LogP contribution in [0.2, 0.25) is 0 Å². The predicted octanol–water partition coefficient (Wildman–Crippen LogP) is 3.45. The van der Waals surface area contributed by atoms with Crippen molar-refractivity contribution in [2.24, 2.45) is 0 Å². The van der Waals surface area contributed by atoms with Crippen LogP contribution in [0.25, 0.3) is 0 Å². The molecular formula is C26H28N4O5. The second-order valence-corrected chi connectivity index (χ2v) is 7.91. The molecule has 1 aliphatic heterocycles. The van der Waals surface area contributed by atoms with Gasteiger partial charge >= 0.3 is 0 Å². The summed E-state index contributed by atoms with van der Waals surface area (Å²) in [5.41, 5.74) is 1.65. The zero-order valence-electron chi connectivity index (χ0n) is 20.0. The monoisotopic (exact) mass is 476 g/mol. The molecule has 0 unspecified atom stereocenters. The van der Waals surface area contributed by atoms with Gasteiger partial charge in [-0.05, 0) is 36.4 Å². The molecule has 0 radical (unpaired) electrons. The standard InChI is InChI=1S/C26H28N4O5/c1-33-19-15-18(16-20(17-19)34-2)25(31)29-11-13-30(14-12-29)26(32)21-7-6-10-27-24(21)28-22-8-4-5-9-23(22)35-3/h4-10,15-17H,11-14H2,1-3H3,(H,27,28). The van der Waals surface area contributed by atoms with Crippen LogP contribution >= 0.6 is 0 Å². The molecular weight excluding hydrogens is 448 g/mol. The summed E-state index contributed by atoms with van der Waals surface area (Å²) in [4.78, 5) is 34.3. The highest BCUT2D eigenvalue weighted by Gasteiger charge is 2.27. The van der Waals surface area contributed by atoms with E-state index < -0.39 is 0 Å². The van der Waals surface area contributed by atoms with E-state index in [-0.39, 0.29) is 11.8 Å². The van der Waals surface area contributed by atoms with Crippen molar-refractivity contribution in [1.82, 2.24) is 14.8 Å². The number of nitrogens with zero attached hydrogens (tertiary/aromatic N) is 3. The molecule has 182 valence electrons. The van der Waals surface area contributed by atoms with Crippen LogP contribution in [-0.2, 0) is 0 Å². The number of nitrogens with one attached hydrogen (secondary N) is 1. The molecule has 2 amide bonds. The van der Waals surface area contributed by atoms with Gasteiger partial charge in [0, 0.05) is 44.0 Å². The summed E-state index contributed by atoms with van der Waals surface area (Å²) in [6.45, 7) is 1.66. The van der Waals surface area contributed by atoms with E-state index in [0.717, 1.165) is 0 Å². The van der Waals surface area contributed by atoms with E-state index in [4.69, 9.17) is 14.2 Å². The second-order valence-electron chi connectivity index (χ2n) is 7.91. The molecule has 35 heavy (non-hydrogen) atoms. The highest BCUT2D eigenvalue weighted by atomic mass is 16.5. The van der Waals surface area contributed by atoms with E-state index in [0.29, 0.717) is 66.1 Å². The van der Waals surface area contributed by atoms with Gasteiger partial charge in [-0.2, -0.15) is 0 Å². The number of carbonyl (C=O) groups is 2. The van der Waals surface area contributed by atoms with Gasteiger partial charge in [-0.15, -0.1) is 0 Å². The largest absolute Gasteiger partial charge is 0.497 e. The molecule has 1 saturated heterocycles. The van der Waals surface area contributed by atoms with Gasteiger partial charge in [-0.1, -0.05) is 12.1 Å². The van der Waals surface area contributed by atoms with Crippen molar-refractivity contribution in [1.29, 1.82) is 0 Å². The molecule has 9 heteroatoms. The van der Waals surface area contributed by atoms with Crippen LogP contribution in [0.3, 0.4) is 0 Å². The molecule has 0 spiro atoms. The molecule has 4 rings (SSSR count). The maximum absolute atomic E-state index is 13.4. The van der Waals surface area contributed by atoms with Gasteiger partial charge in [0.15, 0.2) is 0 Å². The lowest BCUT2D eigenvalue weighted by molar-refractivity contribution is 0.0535. The van der Waals surface area contributed by atoms with Crippen LogP contribution in [0.1, 0.15) is 20.7 Å². The average molecular weight is 477 g/mol. The number of para-hydroxylation sites is 2. The molecule has 0 saturated carbocycles. The quantitative estimate of drug-likeness (QED) is 0.558. The molecule has 0 atom stereocenters. The number of ether oxygens (including phenoxy) is 3. The Morgan fingerprint density at radius 1 is 0.800 bits per heavy atom. The van der Waals surface area contributed by atoms with Crippen molar-refractivity contribution in [2.45, 2.75) is 0 Å². The van der Waals surface area contributed by atoms with E-state index >= 15 is 0 Å². The highest BCUT2D eigenvalue weighted by Crippen LogP contribution is 2.28. The fraction of sp³-hybridized carbons (Fsp3) is 0.269. The van der Waals surface area contributed by atoms with Crippen molar-refractivity contribution < 1.29 is 23.8 Å². The summed E-state index contributed by atoms with van der Waals surface area (Å²) in [7, 11) is 4.68. The number of carbonyl (C=O) groups excluding carboxylic acids is 2. The highest BCUT2D eigenvalue weighted by molar-refractivity contribution is 6.00. The summed E-state index contributed by atoms with van der Waals surface area (Å²) in [5.74, 6) is 1.92. The second kappa shape index (κ2) is 10.8. The van der Waals surface area contributed by atoms with E-state index in [1.807, 2.05) is 24.3 Å². The van der Waals surface area contributed by atoms with Crippen LogP contribution in [0.4, 0.5) is 11.5 Å². The Labute approximate surface area is 204 Å². The van der Waals surface area contributed by atoms with Crippen molar-refractivity contribution >= 4 is 23.3 Å². The summed E-state index contributed by atoms with van der Waals surface area (Å²) < 4.78 is 15.9. The van der Waals surface area contributed by atoms with E-state index in [2.05, 4.69) is 10.3 Å². The maximum Gasteiger partial charge on any atom is 0.257 e. The van der Waals surface area contributed by atoms with Gasteiger partial charge in [-0.25, -0.2) is 4.98 Å². The lowest BCUT2D eigenvalue weighted by atomic mass is 10.1. The Morgan fingerprint density at radius 2 is 1.43 bits per heavy atom. The van der Waals surface area contributed by atoms with Crippen molar-refractivity contribution in [2.75, 3.05) is 52.8 Å². The summed E-state index contributed by atoms with van der Waals surface area (Å²) in [5, 5.41) is 3.21. The van der Waals surface area contributed by atoms with Gasteiger partial charge in [0.2, 0.25) is 0 Å². The molecule has 2 aromatic carbocycles. The van der Waals surface area contributed by atoms with Crippen LogP contribution in [0, 0.1) is 0 Å². The van der Waals surface area contributed by atoms with Crippen molar-refractivity contribution in [3.8, 4) is 17.2 Å². The van der Waals surface area contributed by atoms with E-state index in [9.17, 15) is 9.59 Å². The summed E-state index contributed by atoms with van der Waals surface area (Å²) in [6.07, 6.45) is 1.63. The fourth-order valence-corrected chi connectivity index (χ4v) is 3.95. The molecule has 0 aliphatic carbocycles. The Hall–Kier alpha value is -4.27. The Bertz CT molecular complexity index is 1190. The maximum atomic E-state index is 13.4. The molecule has 2 heterocycles. The van der Waals surface area contributed by atoms with Gasteiger partial charge < -0.3 is 29.3 Å². The first-order valence-corrected chi connectivity index (χ1v) is 11.2. The number of methoxy groups -OCH3 is 3. The predicted molar refractivity (Wildman–Crippen MR) is 132 cm³/mol. The third kappa shape index (κ3) is 5.29. The number of benzene rings is 2. The van der Waals surface area contributed by atoms with Gasteiger partial charge in [0.05, 0.1) is 32.6 Å². The summed E-state index contributed by atoms with van der Waals surface area (Å²) in [6, 6.07) is 16.0.